The molecule has 0 saturated carbocycles. The summed E-state index contributed by atoms with van der Waals surface area (Å²) in [6, 6.07) is 21.7. The summed E-state index contributed by atoms with van der Waals surface area (Å²) in [5.41, 5.74) is 4.61. The largest absolute Gasteiger partial charge is 0.321 e. The molecule has 3 heterocycles. The highest BCUT2D eigenvalue weighted by Gasteiger charge is 2.09. The maximum Gasteiger partial charge on any atom is 0.245 e. The molecule has 0 atom stereocenters. The summed E-state index contributed by atoms with van der Waals surface area (Å²) in [7, 11) is 0. The zero-order valence-electron chi connectivity index (χ0n) is 14.2. The number of nitrogens with one attached hydrogen (secondary N) is 1. The van der Waals surface area contributed by atoms with E-state index in [0.29, 0.717) is 11.0 Å². The van der Waals surface area contributed by atoms with E-state index in [1.165, 1.54) is 0 Å². The standard InChI is InChI=1S/C21H14ClN5/c22-16-7-1-5-15(12-16)19-10-9-17-13-24-21(26-27(17)19)25-18-8-2-4-14-6-3-11-23-20(14)18/h1-13H,(H,25,26). The molecule has 5 rings (SSSR count). The minimum atomic E-state index is 0.500. The molecule has 0 aliphatic heterocycles. The van der Waals surface area contributed by atoms with E-state index in [-0.39, 0.29) is 0 Å². The van der Waals surface area contributed by atoms with E-state index in [0.717, 1.165) is 33.4 Å². The van der Waals surface area contributed by atoms with Crippen molar-refractivity contribution in [1.29, 1.82) is 0 Å². The van der Waals surface area contributed by atoms with Crippen molar-refractivity contribution in [2.75, 3.05) is 5.32 Å². The Balaban J connectivity index is 1.59. The van der Waals surface area contributed by atoms with Crippen molar-refractivity contribution >= 4 is 39.7 Å². The van der Waals surface area contributed by atoms with Gasteiger partial charge in [0.2, 0.25) is 5.95 Å². The van der Waals surface area contributed by atoms with E-state index in [4.69, 9.17) is 11.6 Å². The fourth-order valence-electron chi connectivity index (χ4n) is 3.15. The van der Waals surface area contributed by atoms with Gasteiger partial charge in [-0.05, 0) is 36.4 Å². The van der Waals surface area contributed by atoms with Crippen molar-refractivity contribution in [3.8, 4) is 11.3 Å². The molecule has 130 valence electrons. The zero-order chi connectivity index (χ0) is 18.2. The number of para-hydroxylation sites is 1. The van der Waals surface area contributed by atoms with Crippen LogP contribution in [0.2, 0.25) is 5.02 Å². The van der Waals surface area contributed by atoms with Gasteiger partial charge in [0.05, 0.1) is 28.6 Å². The Morgan fingerprint density at radius 2 is 1.78 bits per heavy atom. The highest BCUT2D eigenvalue weighted by atomic mass is 35.5. The highest BCUT2D eigenvalue weighted by molar-refractivity contribution is 6.30. The smallest absolute Gasteiger partial charge is 0.245 e. The number of nitrogens with zero attached hydrogens (tertiary/aromatic N) is 4. The van der Waals surface area contributed by atoms with E-state index in [9.17, 15) is 0 Å². The predicted molar refractivity (Wildman–Crippen MR) is 108 cm³/mol. The number of hydrogen-bond donors (Lipinski definition) is 1. The summed E-state index contributed by atoms with van der Waals surface area (Å²) >= 11 is 6.15. The fourth-order valence-corrected chi connectivity index (χ4v) is 3.34. The van der Waals surface area contributed by atoms with Crippen LogP contribution < -0.4 is 5.32 Å². The van der Waals surface area contributed by atoms with Gasteiger partial charge in [-0.2, -0.15) is 0 Å². The van der Waals surface area contributed by atoms with Crippen LogP contribution in [0.3, 0.4) is 0 Å². The first-order valence-electron chi connectivity index (χ1n) is 8.49. The number of halogens is 1. The molecule has 27 heavy (non-hydrogen) atoms. The number of fused-ring (bicyclic) bond motifs is 2. The zero-order valence-corrected chi connectivity index (χ0v) is 14.9. The average molecular weight is 372 g/mol. The van der Waals surface area contributed by atoms with Gasteiger partial charge < -0.3 is 5.32 Å². The van der Waals surface area contributed by atoms with Crippen LogP contribution in [-0.2, 0) is 0 Å². The third kappa shape index (κ3) is 2.88. The molecular weight excluding hydrogens is 358 g/mol. The van der Waals surface area contributed by atoms with Crippen LogP contribution in [0.4, 0.5) is 11.6 Å². The van der Waals surface area contributed by atoms with Crippen molar-refractivity contribution < 1.29 is 0 Å². The van der Waals surface area contributed by atoms with Gasteiger partial charge in [0.1, 0.15) is 0 Å². The minimum absolute atomic E-state index is 0.500. The molecule has 0 amide bonds. The van der Waals surface area contributed by atoms with Gasteiger partial charge in [0.15, 0.2) is 0 Å². The van der Waals surface area contributed by atoms with Crippen LogP contribution in [0.25, 0.3) is 27.7 Å². The molecule has 6 heteroatoms. The average Bonchev–Trinajstić information content (AvgIpc) is 3.12. The van der Waals surface area contributed by atoms with Crippen LogP contribution in [-0.4, -0.2) is 19.6 Å². The van der Waals surface area contributed by atoms with Crippen LogP contribution in [0.15, 0.2) is 79.1 Å². The molecule has 0 fully saturated rings. The highest BCUT2D eigenvalue weighted by Crippen LogP contribution is 2.26. The SMILES string of the molecule is Clc1cccc(-c2ccc3cnc(Nc4cccc5cccnc45)nn23)c1. The lowest BCUT2D eigenvalue weighted by Crippen LogP contribution is -2.03. The Morgan fingerprint density at radius 3 is 2.70 bits per heavy atom. The Labute approximate surface area is 160 Å². The molecule has 3 aromatic heterocycles. The number of pyridine rings is 1. The summed E-state index contributed by atoms with van der Waals surface area (Å²) in [6.45, 7) is 0. The lowest BCUT2D eigenvalue weighted by Gasteiger charge is -2.09. The Kier molecular flexibility index (Phi) is 3.73. The molecular formula is C21H14ClN5. The van der Waals surface area contributed by atoms with Gasteiger partial charge in [0, 0.05) is 22.2 Å². The number of hydrogen-bond acceptors (Lipinski definition) is 4. The van der Waals surface area contributed by atoms with Crippen molar-refractivity contribution in [2.45, 2.75) is 0 Å². The molecule has 5 nitrogen and oxygen atoms in total. The predicted octanol–water partition coefficient (Wildman–Crippen LogP) is 5.34. The first-order valence-corrected chi connectivity index (χ1v) is 8.87. The third-order valence-corrected chi connectivity index (χ3v) is 4.63. The maximum atomic E-state index is 6.15. The monoisotopic (exact) mass is 371 g/mol. The number of anilines is 2. The maximum absolute atomic E-state index is 6.15. The van der Waals surface area contributed by atoms with E-state index in [2.05, 4.69) is 20.4 Å². The Morgan fingerprint density at radius 1 is 0.889 bits per heavy atom. The summed E-state index contributed by atoms with van der Waals surface area (Å²) in [5, 5.41) is 9.70. The van der Waals surface area contributed by atoms with E-state index in [1.54, 1.807) is 12.4 Å². The van der Waals surface area contributed by atoms with Crippen LogP contribution in [0, 0.1) is 0 Å². The van der Waals surface area contributed by atoms with E-state index >= 15 is 0 Å². The van der Waals surface area contributed by atoms with Crippen LogP contribution >= 0.6 is 11.6 Å². The molecule has 0 radical (unpaired) electrons. The second kappa shape index (κ2) is 6.37. The third-order valence-electron chi connectivity index (χ3n) is 4.40. The van der Waals surface area contributed by atoms with Crippen molar-refractivity contribution in [1.82, 2.24) is 19.6 Å². The van der Waals surface area contributed by atoms with Crippen molar-refractivity contribution in [3.63, 3.8) is 0 Å². The number of benzene rings is 2. The van der Waals surface area contributed by atoms with Crippen molar-refractivity contribution in [3.05, 3.63) is 84.1 Å². The van der Waals surface area contributed by atoms with Gasteiger partial charge in [-0.15, -0.1) is 5.10 Å². The molecule has 0 unspecified atom stereocenters. The molecule has 1 N–H and O–H groups in total. The van der Waals surface area contributed by atoms with Crippen LogP contribution in [0.5, 0.6) is 0 Å². The molecule has 0 saturated heterocycles. The van der Waals surface area contributed by atoms with Gasteiger partial charge in [-0.3, -0.25) is 4.98 Å². The number of aromatic nitrogens is 4. The topological polar surface area (TPSA) is 55.1 Å². The van der Waals surface area contributed by atoms with E-state index < -0.39 is 0 Å². The van der Waals surface area contributed by atoms with Crippen LogP contribution in [0.1, 0.15) is 0 Å². The summed E-state index contributed by atoms with van der Waals surface area (Å²) < 4.78 is 1.86. The first-order chi connectivity index (χ1) is 13.3. The van der Waals surface area contributed by atoms with Crippen molar-refractivity contribution in [2.24, 2.45) is 0 Å². The minimum Gasteiger partial charge on any atom is -0.321 e. The molecule has 2 aromatic carbocycles. The normalized spacial score (nSPS) is 11.1. The quantitative estimate of drug-likeness (QED) is 0.465. The second-order valence-corrected chi connectivity index (χ2v) is 6.59. The van der Waals surface area contributed by atoms with Gasteiger partial charge in [-0.1, -0.05) is 41.9 Å². The Hall–Kier alpha value is -3.44. The van der Waals surface area contributed by atoms with Gasteiger partial charge in [-0.25, -0.2) is 9.50 Å². The van der Waals surface area contributed by atoms with E-state index in [1.807, 2.05) is 71.2 Å². The molecule has 5 aromatic rings. The molecule has 0 bridgehead atoms. The summed E-state index contributed by atoms with van der Waals surface area (Å²) in [5.74, 6) is 0.500. The fraction of sp³-hybridized carbons (Fsp3) is 0. The Bertz CT molecular complexity index is 1270. The molecule has 0 aliphatic rings. The first kappa shape index (κ1) is 15.8. The van der Waals surface area contributed by atoms with Gasteiger partial charge >= 0.3 is 0 Å². The lowest BCUT2D eigenvalue weighted by atomic mass is 10.2. The molecule has 0 aliphatic carbocycles. The summed E-state index contributed by atoms with van der Waals surface area (Å²) in [4.78, 5) is 8.90. The van der Waals surface area contributed by atoms with Gasteiger partial charge in [0.25, 0.3) is 0 Å². The number of rotatable bonds is 3. The summed E-state index contributed by atoms with van der Waals surface area (Å²) in [6.07, 6.45) is 3.57. The molecule has 0 spiro atoms. The lowest BCUT2D eigenvalue weighted by molar-refractivity contribution is 0.919. The second-order valence-electron chi connectivity index (χ2n) is 6.15.